The molecule has 1 aliphatic carbocycles. The third-order valence-corrected chi connectivity index (χ3v) is 6.29. The molecule has 142 valence electrons. The summed E-state index contributed by atoms with van der Waals surface area (Å²) in [6, 6.07) is 16.1. The maximum absolute atomic E-state index is 13.0. The van der Waals surface area contributed by atoms with Gasteiger partial charge in [-0.1, -0.05) is 42.5 Å². The zero-order valence-electron chi connectivity index (χ0n) is 15.1. The second-order valence-corrected chi connectivity index (χ2v) is 7.71. The zero-order chi connectivity index (χ0) is 19.0. The molecule has 4 nitrogen and oxygen atoms in total. The molecule has 1 amide bonds. The normalized spacial score (nSPS) is 29.3. The summed E-state index contributed by atoms with van der Waals surface area (Å²) in [4.78, 5) is 14.4. The lowest BCUT2D eigenvalue weighted by Gasteiger charge is -2.17. The van der Waals surface area contributed by atoms with E-state index in [0.29, 0.717) is 25.9 Å². The van der Waals surface area contributed by atoms with E-state index in [1.165, 1.54) is 12.1 Å². The van der Waals surface area contributed by atoms with Crippen LogP contribution in [0.4, 0.5) is 4.39 Å². The van der Waals surface area contributed by atoms with Crippen molar-refractivity contribution in [1.82, 2.24) is 4.90 Å². The Morgan fingerprint density at radius 2 is 1.85 bits per heavy atom. The van der Waals surface area contributed by atoms with Crippen molar-refractivity contribution in [2.75, 3.05) is 19.7 Å². The van der Waals surface area contributed by atoms with E-state index < -0.39 is 11.5 Å². The van der Waals surface area contributed by atoms with E-state index in [1.807, 2.05) is 30.3 Å². The summed E-state index contributed by atoms with van der Waals surface area (Å²) in [6.45, 7) is 0.789. The molecule has 4 atom stereocenters. The average molecular weight is 369 g/mol. The smallest absolute Gasteiger partial charge is 0.223 e. The molecule has 0 bridgehead atoms. The summed E-state index contributed by atoms with van der Waals surface area (Å²) in [6.07, 6.45) is 0.244. The maximum atomic E-state index is 13.0. The van der Waals surface area contributed by atoms with E-state index in [2.05, 4.69) is 0 Å². The van der Waals surface area contributed by atoms with Gasteiger partial charge in [0.1, 0.15) is 5.82 Å². The number of amides is 1. The molecule has 2 aromatic carbocycles. The Balaban J connectivity index is 1.43. The van der Waals surface area contributed by atoms with Crippen LogP contribution < -0.4 is 0 Å². The van der Waals surface area contributed by atoms with Crippen molar-refractivity contribution >= 4 is 5.91 Å². The SMILES string of the molecule is O=C(CCc1ccc(F)cc1)N1C[C@H](O)[C@@]2(C1)[C@H](CO)[C@H]2c1ccccc1. The quantitative estimate of drug-likeness (QED) is 0.851. The van der Waals surface area contributed by atoms with Crippen molar-refractivity contribution in [3.63, 3.8) is 0 Å². The maximum Gasteiger partial charge on any atom is 0.223 e. The number of rotatable bonds is 5. The predicted octanol–water partition coefficient (Wildman–Crippen LogP) is 2.35. The van der Waals surface area contributed by atoms with Gasteiger partial charge in [0, 0.05) is 31.5 Å². The van der Waals surface area contributed by atoms with Gasteiger partial charge in [-0.05, 0) is 41.5 Å². The molecule has 27 heavy (non-hydrogen) atoms. The molecule has 1 saturated heterocycles. The van der Waals surface area contributed by atoms with Gasteiger partial charge >= 0.3 is 0 Å². The highest BCUT2D eigenvalue weighted by Crippen LogP contribution is 2.68. The van der Waals surface area contributed by atoms with E-state index in [0.717, 1.165) is 11.1 Å². The van der Waals surface area contributed by atoms with Crippen molar-refractivity contribution in [3.05, 3.63) is 71.5 Å². The zero-order valence-corrected chi connectivity index (χ0v) is 15.1. The van der Waals surface area contributed by atoms with Crippen molar-refractivity contribution in [3.8, 4) is 0 Å². The number of hydrogen-bond acceptors (Lipinski definition) is 3. The lowest BCUT2D eigenvalue weighted by molar-refractivity contribution is -0.130. The van der Waals surface area contributed by atoms with E-state index in [1.54, 1.807) is 17.0 Å². The van der Waals surface area contributed by atoms with E-state index in [-0.39, 0.29) is 30.2 Å². The first kappa shape index (κ1) is 18.1. The van der Waals surface area contributed by atoms with Crippen LogP contribution >= 0.6 is 0 Å². The number of aryl methyl sites for hydroxylation is 1. The van der Waals surface area contributed by atoms with E-state index in [9.17, 15) is 19.4 Å². The summed E-state index contributed by atoms with van der Waals surface area (Å²) < 4.78 is 13.0. The fourth-order valence-corrected chi connectivity index (χ4v) is 4.82. The molecule has 2 aromatic rings. The molecule has 0 radical (unpaired) electrons. The van der Waals surface area contributed by atoms with Crippen molar-refractivity contribution < 1.29 is 19.4 Å². The number of aliphatic hydroxyl groups is 2. The first-order chi connectivity index (χ1) is 13.1. The Morgan fingerprint density at radius 1 is 1.15 bits per heavy atom. The van der Waals surface area contributed by atoms with Crippen molar-refractivity contribution in [2.45, 2.75) is 24.9 Å². The number of benzene rings is 2. The van der Waals surface area contributed by atoms with Gasteiger partial charge < -0.3 is 15.1 Å². The number of halogens is 1. The Morgan fingerprint density at radius 3 is 2.52 bits per heavy atom. The molecule has 2 N–H and O–H groups in total. The summed E-state index contributed by atoms with van der Waals surface area (Å²) >= 11 is 0. The van der Waals surface area contributed by atoms with Gasteiger partial charge in [0.05, 0.1) is 6.10 Å². The lowest BCUT2D eigenvalue weighted by atomic mass is 9.95. The third kappa shape index (κ3) is 3.15. The van der Waals surface area contributed by atoms with Crippen LogP contribution in [-0.2, 0) is 11.2 Å². The topological polar surface area (TPSA) is 60.8 Å². The highest BCUT2D eigenvalue weighted by atomic mass is 19.1. The number of carbonyl (C=O) groups is 1. The first-order valence-electron chi connectivity index (χ1n) is 9.42. The van der Waals surface area contributed by atoms with Crippen LogP contribution in [0, 0.1) is 17.2 Å². The number of β-amino-alcohol motifs (C(OH)–C–C–N with tert-alkyl or cyclic N) is 1. The van der Waals surface area contributed by atoms with Gasteiger partial charge in [-0.15, -0.1) is 0 Å². The molecule has 2 fully saturated rings. The number of carbonyl (C=O) groups excluding carboxylic acids is 1. The minimum Gasteiger partial charge on any atom is -0.396 e. The molecule has 2 aliphatic rings. The second kappa shape index (κ2) is 7.06. The molecular formula is C22H24FNO3. The van der Waals surface area contributed by atoms with E-state index >= 15 is 0 Å². The molecule has 1 spiro atoms. The summed E-state index contributed by atoms with van der Waals surface area (Å²) in [5.74, 6) is -0.241. The fourth-order valence-electron chi connectivity index (χ4n) is 4.82. The molecule has 0 unspecified atom stereocenters. The standard InChI is InChI=1S/C22H24FNO3/c23-17-9-6-15(7-10-17)8-11-20(27)24-12-19(26)22(14-24)18(13-25)21(22)16-4-2-1-3-5-16/h1-7,9-10,18-19,21,25-26H,8,11-14H2/t18-,19+,21-,22-/m1/s1. The van der Waals surface area contributed by atoms with Crippen molar-refractivity contribution in [2.24, 2.45) is 11.3 Å². The Hall–Kier alpha value is -2.24. The molecule has 1 aliphatic heterocycles. The molecular weight excluding hydrogens is 345 g/mol. The number of nitrogens with zero attached hydrogens (tertiary/aromatic N) is 1. The first-order valence-corrected chi connectivity index (χ1v) is 9.42. The van der Waals surface area contributed by atoms with Gasteiger partial charge in [-0.25, -0.2) is 4.39 Å². The van der Waals surface area contributed by atoms with Crippen LogP contribution in [0.1, 0.15) is 23.5 Å². The van der Waals surface area contributed by atoms with E-state index in [4.69, 9.17) is 0 Å². The van der Waals surface area contributed by atoms with Gasteiger partial charge in [0.15, 0.2) is 0 Å². The summed E-state index contributed by atoms with van der Waals surface area (Å²) in [5.41, 5.74) is 1.58. The average Bonchev–Trinajstić information content (AvgIpc) is 3.22. The van der Waals surface area contributed by atoms with Crippen LogP contribution in [0.5, 0.6) is 0 Å². The van der Waals surface area contributed by atoms with Gasteiger partial charge in [-0.2, -0.15) is 0 Å². The minimum absolute atomic E-state index is 0.00817. The summed E-state index contributed by atoms with van der Waals surface area (Å²) in [5, 5.41) is 20.6. The summed E-state index contributed by atoms with van der Waals surface area (Å²) in [7, 11) is 0. The highest BCUT2D eigenvalue weighted by Gasteiger charge is 2.71. The second-order valence-electron chi connectivity index (χ2n) is 7.71. The molecule has 5 heteroatoms. The predicted molar refractivity (Wildman–Crippen MR) is 99.5 cm³/mol. The third-order valence-electron chi connectivity index (χ3n) is 6.29. The Kier molecular flexibility index (Phi) is 4.74. The monoisotopic (exact) mass is 369 g/mol. The Bertz CT molecular complexity index is 810. The van der Waals surface area contributed by atoms with Crippen LogP contribution in [-0.4, -0.2) is 46.8 Å². The van der Waals surface area contributed by atoms with Crippen LogP contribution in [0.15, 0.2) is 54.6 Å². The number of likely N-dealkylation sites (tertiary alicyclic amines) is 1. The lowest BCUT2D eigenvalue weighted by Crippen LogP contribution is -2.29. The molecule has 1 heterocycles. The van der Waals surface area contributed by atoms with Crippen LogP contribution in [0.25, 0.3) is 0 Å². The minimum atomic E-state index is -0.630. The largest absolute Gasteiger partial charge is 0.396 e. The highest BCUT2D eigenvalue weighted by molar-refractivity contribution is 5.77. The van der Waals surface area contributed by atoms with Gasteiger partial charge in [-0.3, -0.25) is 4.79 Å². The van der Waals surface area contributed by atoms with Gasteiger partial charge in [0.2, 0.25) is 5.91 Å². The number of hydrogen-bond donors (Lipinski definition) is 2. The van der Waals surface area contributed by atoms with Crippen molar-refractivity contribution in [1.29, 1.82) is 0 Å². The number of aliphatic hydroxyl groups excluding tert-OH is 2. The fraction of sp³-hybridized carbons (Fsp3) is 0.409. The van der Waals surface area contributed by atoms with Crippen LogP contribution in [0.3, 0.4) is 0 Å². The molecule has 0 aromatic heterocycles. The van der Waals surface area contributed by atoms with Crippen LogP contribution in [0.2, 0.25) is 0 Å². The molecule has 1 saturated carbocycles. The molecule has 4 rings (SSSR count). The Labute approximate surface area is 158 Å². The van der Waals surface area contributed by atoms with Gasteiger partial charge in [0.25, 0.3) is 0 Å².